The van der Waals surface area contributed by atoms with Crippen LogP contribution in [-0.4, -0.2) is 43.0 Å². The first-order chi connectivity index (χ1) is 7.92. The lowest BCUT2D eigenvalue weighted by Gasteiger charge is -2.29. The van der Waals surface area contributed by atoms with Crippen molar-refractivity contribution in [2.45, 2.75) is 32.8 Å². The van der Waals surface area contributed by atoms with Crippen LogP contribution in [0.3, 0.4) is 0 Å². The molecule has 1 amide bonds. The molecular weight excluding hydrogens is 220 g/mol. The molecule has 0 aliphatic carbocycles. The Hall–Kier alpha value is -1.52. The summed E-state index contributed by atoms with van der Waals surface area (Å²) in [7, 11) is 1.49. The molecule has 0 fully saturated rings. The highest BCUT2D eigenvalue weighted by Gasteiger charge is 2.23. The van der Waals surface area contributed by atoms with Crippen LogP contribution in [0.4, 0.5) is 4.79 Å². The van der Waals surface area contributed by atoms with E-state index in [0.717, 1.165) is 12.0 Å². The summed E-state index contributed by atoms with van der Waals surface area (Å²) in [4.78, 5) is 18.1. The number of nitrogens with zero attached hydrogens (tertiary/aromatic N) is 2. The van der Waals surface area contributed by atoms with Gasteiger partial charge in [0.25, 0.3) is 0 Å². The molecule has 0 aromatic rings. The Morgan fingerprint density at radius 2 is 2.24 bits per heavy atom. The van der Waals surface area contributed by atoms with Crippen LogP contribution < -0.4 is 0 Å². The van der Waals surface area contributed by atoms with Crippen LogP contribution in [0.25, 0.3) is 0 Å². The van der Waals surface area contributed by atoms with Crippen molar-refractivity contribution in [1.82, 2.24) is 4.90 Å². The Kier molecular flexibility index (Phi) is 4.54. The van der Waals surface area contributed by atoms with Crippen LogP contribution in [0.2, 0.25) is 0 Å². The maximum Gasteiger partial charge on any atom is 0.410 e. The van der Waals surface area contributed by atoms with Crippen LogP contribution in [0, 0.1) is 0 Å². The number of hydrogen-bond donors (Lipinski definition) is 0. The predicted molar refractivity (Wildman–Crippen MR) is 66.0 cm³/mol. The van der Waals surface area contributed by atoms with E-state index in [1.54, 1.807) is 11.1 Å². The van der Waals surface area contributed by atoms with Crippen molar-refractivity contribution >= 4 is 12.3 Å². The lowest BCUT2D eigenvalue weighted by Crippen LogP contribution is -2.40. The van der Waals surface area contributed by atoms with Gasteiger partial charge >= 0.3 is 6.09 Å². The second-order valence-electron chi connectivity index (χ2n) is 4.89. The van der Waals surface area contributed by atoms with Gasteiger partial charge in [-0.25, -0.2) is 4.79 Å². The van der Waals surface area contributed by atoms with Gasteiger partial charge in [0.2, 0.25) is 0 Å². The van der Waals surface area contributed by atoms with E-state index in [9.17, 15) is 4.79 Å². The summed E-state index contributed by atoms with van der Waals surface area (Å²) in [5.74, 6) is 0. The van der Waals surface area contributed by atoms with Gasteiger partial charge in [0.15, 0.2) is 0 Å². The highest BCUT2D eigenvalue weighted by atomic mass is 16.6. The van der Waals surface area contributed by atoms with E-state index in [1.165, 1.54) is 7.11 Å². The van der Waals surface area contributed by atoms with Crippen LogP contribution >= 0.6 is 0 Å². The SMILES string of the molecule is CO/N=C\C1=CCCN(C(=O)OC(C)(C)C)C1. The molecule has 0 unspecified atom stereocenters. The monoisotopic (exact) mass is 240 g/mol. The topological polar surface area (TPSA) is 51.1 Å². The molecule has 1 heterocycles. The Morgan fingerprint density at radius 1 is 1.53 bits per heavy atom. The molecule has 0 saturated carbocycles. The summed E-state index contributed by atoms with van der Waals surface area (Å²) >= 11 is 0. The number of rotatable bonds is 2. The molecule has 5 nitrogen and oxygen atoms in total. The fourth-order valence-corrected chi connectivity index (χ4v) is 1.47. The van der Waals surface area contributed by atoms with E-state index in [2.05, 4.69) is 9.99 Å². The van der Waals surface area contributed by atoms with Crippen LogP contribution in [0.5, 0.6) is 0 Å². The molecule has 0 aromatic carbocycles. The first kappa shape index (κ1) is 13.5. The highest BCUT2D eigenvalue weighted by molar-refractivity contribution is 5.80. The molecule has 1 aliphatic rings. The average molecular weight is 240 g/mol. The van der Waals surface area contributed by atoms with Crippen molar-refractivity contribution in [2.24, 2.45) is 5.16 Å². The van der Waals surface area contributed by atoms with Crippen LogP contribution in [0.15, 0.2) is 16.8 Å². The minimum atomic E-state index is -0.459. The first-order valence-corrected chi connectivity index (χ1v) is 5.66. The number of amides is 1. The van der Waals surface area contributed by atoms with Gasteiger partial charge in [0.1, 0.15) is 12.7 Å². The van der Waals surface area contributed by atoms with E-state index in [-0.39, 0.29) is 6.09 Å². The molecule has 1 aliphatic heterocycles. The van der Waals surface area contributed by atoms with Gasteiger partial charge in [-0.05, 0) is 32.8 Å². The summed E-state index contributed by atoms with van der Waals surface area (Å²) in [6.07, 6.45) is 4.19. The molecule has 0 saturated heterocycles. The van der Waals surface area contributed by atoms with Gasteiger partial charge in [-0.15, -0.1) is 0 Å². The second-order valence-corrected chi connectivity index (χ2v) is 4.89. The van der Waals surface area contributed by atoms with Gasteiger partial charge < -0.3 is 14.5 Å². The van der Waals surface area contributed by atoms with Gasteiger partial charge in [-0.1, -0.05) is 11.2 Å². The largest absolute Gasteiger partial charge is 0.444 e. The van der Waals surface area contributed by atoms with Crippen molar-refractivity contribution in [3.8, 4) is 0 Å². The molecule has 0 spiro atoms. The van der Waals surface area contributed by atoms with Crippen molar-refractivity contribution in [1.29, 1.82) is 0 Å². The van der Waals surface area contributed by atoms with Crippen molar-refractivity contribution < 1.29 is 14.4 Å². The van der Waals surface area contributed by atoms with E-state index in [0.29, 0.717) is 13.1 Å². The summed E-state index contributed by atoms with van der Waals surface area (Å²) in [5.41, 5.74) is 0.503. The second kappa shape index (κ2) is 5.70. The van der Waals surface area contributed by atoms with Gasteiger partial charge in [-0.3, -0.25) is 0 Å². The van der Waals surface area contributed by atoms with Crippen molar-refractivity contribution in [2.75, 3.05) is 20.2 Å². The number of hydrogen-bond acceptors (Lipinski definition) is 4. The summed E-state index contributed by atoms with van der Waals surface area (Å²) in [6.45, 7) is 6.77. The summed E-state index contributed by atoms with van der Waals surface area (Å²) in [5, 5.41) is 3.69. The van der Waals surface area contributed by atoms with Crippen molar-refractivity contribution in [3.05, 3.63) is 11.6 Å². The zero-order valence-electron chi connectivity index (χ0n) is 10.9. The molecule has 0 N–H and O–H groups in total. The van der Waals surface area contributed by atoms with Gasteiger partial charge in [-0.2, -0.15) is 0 Å². The maximum absolute atomic E-state index is 11.8. The van der Waals surface area contributed by atoms with Gasteiger partial charge in [0.05, 0.1) is 12.8 Å². The lowest BCUT2D eigenvalue weighted by atomic mass is 10.1. The smallest absolute Gasteiger partial charge is 0.410 e. The minimum Gasteiger partial charge on any atom is -0.444 e. The van der Waals surface area contributed by atoms with E-state index in [4.69, 9.17) is 4.74 Å². The van der Waals surface area contributed by atoms with Crippen LogP contribution in [0.1, 0.15) is 27.2 Å². The number of ether oxygens (including phenoxy) is 1. The quantitative estimate of drug-likeness (QED) is 0.549. The minimum absolute atomic E-state index is 0.283. The van der Waals surface area contributed by atoms with E-state index >= 15 is 0 Å². The predicted octanol–water partition coefficient (Wildman–Crippen LogP) is 2.19. The first-order valence-electron chi connectivity index (χ1n) is 5.66. The molecule has 1 rings (SSSR count). The zero-order valence-corrected chi connectivity index (χ0v) is 10.9. The maximum atomic E-state index is 11.8. The summed E-state index contributed by atoms with van der Waals surface area (Å²) in [6, 6.07) is 0. The van der Waals surface area contributed by atoms with E-state index in [1.807, 2.05) is 26.8 Å². The molecule has 96 valence electrons. The fraction of sp³-hybridized carbons (Fsp3) is 0.667. The number of carbonyl (C=O) groups excluding carboxylic acids is 1. The van der Waals surface area contributed by atoms with Crippen LogP contribution in [-0.2, 0) is 9.57 Å². The number of carbonyl (C=O) groups is 1. The Balaban J connectivity index is 2.55. The zero-order chi connectivity index (χ0) is 12.9. The van der Waals surface area contributed by atoms with E-state index < -0.39 is 5.60 Å². The highest BCUT2D eigenvalue weighted by Crippen LogP contribution is 2.14. The Labute approximate surface area is 102 Å². The normalized spacial score (nSPS) is 16.9. The molecule has 0 atom stereocenters. The third-order valence-electron chi connectivity index (χ3n) is 2.15. The Morgan fingerprint density at radius 3 is 2.82 bits per heavy atom. The number of oxime groups is 1. The molecular formula is C12H20N2O3. The molecule has 0 radical (unpaired) electrons. The van der Waals surface area contributed by atoms with Crippen molar-refractivity contribution in [3.63, 3.8) is 0 Å². The third-order valence-corrected chi connectivity index (χ3v) is 2.15. The third kappa shape index (κ3) is 4.89. The molecule has 0 aromatic heterocycles. The summed E-state index contributed by atoms with van der Waals surface area (Å²) < 4.78 is 5.31. The average Bonchev–Trinajstić information content (AvgIpc) is 2.24. The fourth-order valence-electron chi connectivity index (χ4n) is 1.47. The lowest BCUT2D eigenvalue weighted by molar-refractivity contribution is 0.0265. The Bertz CT molecular complexity index is 329. The molecule has 5 heteroatoms. The standard InChI is InChI=1S/C12H20N2O3/c1-12(2,3)17-11(15)14-7-5-6-10(9-14)8-13-16-4/h6,8H,5,7,9H2,1-4H3/b13-8-. The molecule has 0 bridgehead atoms. The van der Waals surface area contributed by atoms with Gasteiger partial charge in [0, 0.05) is 6.54 Å². The molecule has 17 heavy (non-hydrogen) atoms.